The third-order valence-electron chi connectivity index (χ3n) is 3.08. The van der Waals surface area contributed by atoms with Gasteiger partial charge in [0, 0.05) is 5.56 Å². The quantitative estimate of drug-likeness (QED) is 0.479. The van der Waals surface area contributed by atoms with E-state index in [1.54, 1.807) is 0 Å². The van der Waals surface area contributed by atoms with Crippen LogP contribution in [-0.2, 0) is 14.3 Å². The van der Waals surface area contributed by atoms with Crippen LogP contribution in [0.2, 0.25) is 0 Å². The molecule has 5 nitrogen and oxygen atoms in total. The zero-order chi connectivity index (χ0) is 16.1. The molecule has 0 aliphatic carbocycles. The van der Waals surface area contributed by atoms with Crippen LogP contribution in [0.3, 0.4) is 0 Å². The highest BCUT2D eigenvalue weighted by atomic mass is 16.5. The first-order chi connectivity index (χ1) is 10.5. The van der Waals surface area contributed by atoms with Crippen molar-refractivity contribution in [1.82, 2.24) is 0 Å². The number of benzene rings is 2. The molecule has 2 aromatic rings. The van der Waals surface area contributed by atoms with Crippen molar-refractivity contribution >= 4 is 34.2 Å². The molecule has 0 unspecified atom stereocenters. The molecule has 0 atom stereocenters. The van der Waals surface area contributed by atoms with E-state index in [4.69, 9.17) is 15.3 Å². The molecule has 2 rings (SSSR count). The summed E-state index contributed by atoms with van der Waals surface area (Å²) in [7, 11) is 0. The second kappa shape index (κ2) is 6.67. The number of nitrogens with two attached hydrogens (primary N) is 1. The van der Waals surface area contributed by atoms with Crippen LogP contribution in [0.25, 0.3) is 16.5 Å². The molecule has 0 amide bonds. The van der Waals surface area contributed by atoms with Gasteiger partial charge in [0.25, 0.3) is 0 Å². The predicted molar refractivity (Wildman–Crippen MR) is 82.9 cm³/mol. The fraction of sp³-hybridized carbons (Fsp3) is 0.118. The summed E-state index contributed by atoms with van der Waals surface area (Å²) in [5, 5.41) is 16.0. The second-order valence-corrected chi connectivity index (χ2v) is 4.83. The van der Waals surface area contributed by atoms with Gasteiger partial charge in [0.15, 0.2) is 5.71 Å². The van der Waals surface area contributed by atoms with Crippen LogP contribution in [0.1, 0.15) is 18.4 Å². The fourth-order valence-electron chi connectivity index (χ4n) is 2.14. The highest BCUT2D eigenvalue weighted by Gasteiger charge is 2.17. The van der Waals surface area contributed by atoms with Crippen molar-refractivity contribution in [3.8, 4) is 0 Å². The summed E-state index contributed by atoms with van der Waals surface area (Å²) in [5.41, 5.74) is 0.756. The molecule has 0 saturated carbocycles. The molecule has 112 valence electrons. The van der Waals surface area contributed by atoms with Crippen molar-refractivity contribution < 1.29 is 24.8 Å². The number of carboxylic acid groups (broad SMARTS) is 1. The number of rotatable bonds is 6. The van der Waals surface area contributed by atoms with Crippen molar-refractivity contribution in [3.05, 3.63) is 54.6 Å². The number of hydrogen-bond acceptors (Lipinski definition) is 3. The lowest BCUT2D eigenvalue weighted by atomic mass is 10.0. The minimum absolute atomic E-state index is 0.0446. The summed E-state index contributed by atoms with van der Waals surface area (Å²) in [6.07, 6.45) is -0.619. The van der Waals surface area contributed by atoms with E-state index >= 15 is 0 Å². The molecule has 2 aromatic carbocycles. The van der Waals surface area contributed by atoms with E-state index < -0.39 is 11.9 Å². The number of carbonyl (C=O) groups excluding carboxylic acids is 1. The molecule has 0 radical (unpaired) electrons. The number of hydrogen-bond donors (Lipinski definition) is 2. The SMILES string of the molecule is C=C(OC(=O)CC(=[NH2+])CC(=O)O)c1cccc2ccccc12. The van der Waals surface area contributed by atoms with Crippen LogP contribution in [0, 0.1) is 0 Å². The molecule has 0 aliphatic rings. The lowest BCUT2D eigenvalue weighted by Gasteiger charge is -2.09. The Balaban J connectivity index is 2.10. The number of esters is 1. The summed E-state index contributed by atoms with van der Waals surface area (Å²) < 4.78 is 5.17. The zero-order valence-electron chi connectivity index (χ0n) is 11.9. The molecular formula is C17H16NO4+. The summed E-state index contributed by atoms with van der Waals surface area (Å²) >= 11 is 0. The van der Waals surface area contributed by atoms with Crippen LogP contribution in [-0.4, -0.2) is 22.8 Å². The molecule has 22 heavy (non-hydrogen) atoms. The minimum atomic E-state index is -1.09. The third kappa shape index (κ3) is 3.79. The molecule has 0 heterocycles. The minimum Gasteiger partial charge on any atom is -0.481 e. The van der Waals surface area contributed by atoms with E-state index in [0.29, 0.717) is 5.56 Å². The average molecular weight is 298 g/mol. The molecule has 0 fully saturated rings. The second-order valence-electron chi connectivity index (χ2n) is 4.83. The average Bonchev–Trinajstić information content (AvgIpc) is 2.45. The van der Waals surface area contributed by atoms with Crippen LogP contribution in [0.15, 0.2) is 49.0 Å². The summed E-state index contributed by atoms with van der Waals surface area (Å²) in [6, 6.07) is 13.3. The van der Waals surface area contributed by atoms with Gasteiger partial charge in [0.2, 0.25) is 0 Å². The van der Waals surface area contributed by atoms with Crippen molar-refractivity contribution in [2.45, 2.75) is 12.8 Å². The van der Waals surface area contributed by atoms with Gasteiger partial charge in [-0.15, -0.1) is 0 Å². The molecule has 0 bridgehead atoms. The van der Waals surface area contributed by atoms with Crippen molar-refractivity contribution in [1.29, 1.82) is 0 Å². The zero-order valence-corrected chi connectivity index (χ0v) is 11.9. The molecule has 0 saturated heterocycles. The van der Waals surface area contributed by atoms with Crippen LogP contribution < -0.4 is 5.41 Å². The Labute approximate surface area is 127 Å². The van der Waals surface area contributed by atoms with Gasteiger partial charge in [-0.1, -0.05) is 49.0 Å². The Kier molecular flexibility index (Phi) is 4.68. The van der Waals surface area contributed by atoms with Crippen LogP contribution >= 0.6 is 0 Å². The smallest absolute Gasteiger partial charge is 0.321 e. The van der Waals surface area contributed by atoms with E-state index in [1.807, 2.05) is 42.5 Å². The van der Waals surface area contributed by atoms with Crippen LogP contribution in [0.5, 0.6) is 0 Å². The normalized spacial score (nSPS) is 10.2. The molecule has 5 heteroatoms. The summed E-state index contributed by atoms with van der Waals surface area (Å²) in [4.78, 5) is 22.3. The molecule has 0 aromatic heterocycles. The van der Waals surface area contributed by atoms with Crippen LogP contribution in [0.4, 0.5) is 0 Å². The Bertz CT molecular complexity index is 759. The summed E-state index contributed by atoms with van der Waals surface area (Å²) in [5.74, 6) is -1.50. The highest BCUT2D eigenvalue weighted by Crippen LogP contribution is 2.25. The van der Waals surface area contributed by atoms with E-state index in [2.05, 4.69) is 6.58 Å². The molecule has 3 N–H and O–H groups in total. The lowest BCUT2D eigenvalue weighted by Crippen LogP contribution is -2.42. The maximum absolute atomic E-state index is 11.8. The third-order valence-corrected chi connectivity index (χ3v) is 3.08. The largest absolute Gasteiger partial charge is 0.481 e. The van der Waals surface area contributed by atoms with Gasteiger partial charge in [0.1, 0.15) is 18.6 Å². The van der Waals surface area contributed by atoms with Gasteiger partial charge in [-0.05, 0) is 10.8 Å². The monoisotopic (exact) mass is 298 g/mol. The van der Waals surface area contributed by atoms with E-state index in [-0.39, 0.29) is 24.3 Å². The fourth-order valence-corrected chi connectivity index (χ4v) is 2.14. The Morgan fingerprint density at radius 1 is 1.09 bits per heavy atom. The topological polar surface area (TPSA) is 89.2 Å². The number of carboxylic acids is 1. The van der Waals surface area contributed by atoms with E-state index in [1.165, 1.54) is 0 Å². The first-order valence-corrected chi connectivity index (χ1v) is 6.67. The van der Waals surface area contributed by atoms with Gasteiger partial charge < -0.3 is 9.84 Å². The van der Waals surface area contributed by atoms with Crippen molar-refractivity contribution in [2.75, 3.05) is 0 Å². The van der Waals surface area contributed by atoms with Gasteiger partial charge in [-0.25, -0.2) is 0 Å². The highest BCUT2D eigenvalue weighted by molar-refractivity contribution is 6.04. The first-order valence-electron chi connectivity index (χ1n) is 6.67. The van der Waals surface area contributed by atoms with Gasteiger partial charge in [-0.3, -0.25) is 15.0 Å². The Morgan fingerprint density at radius 2 is 1.77 bits per heavy atom. The predicted octanol–water partition coefficient (Wildman–Crippen LogP) is 1.42. The molecule has 0 aliphatic heterocycles. The Hall–Kier alpha value is -2.95. The van der Waals surface area contributed by atoms with E-state index in [0.717, 1.165) is 10.8 Å². The van der Waals surface area contributed by atoms with Gasteiger partial charge in [-0.2, -0.15) is 0 Å². The maximum Gasteiger partial charge on any atom is 0.321 e. The first kappa shape index (κ1) is 15.4. The molecule has 0 spiro atoms. The number of carbonyl (C=O) groups is 2. The standard InChI is InChI=1S/C17H15NO4/c1-11(22-17(21)10-13(18)9-16(19)20)14-8-4-6-12-5-2-3-7-15(12)14/h2-8,18H,1,9-10H2,(H,19,20)/p+1. The lowest BCUT2D eigenvalue weighted by molar-refractivity contribution is -0.143. The maximum atomic E-state index is 11.8. The van der Waals surface area contributed by atoms with Gasteiger partial charge in [0.05, 0.1) is 0 Å². The van der Waals surface area contributed by atoms with Crippen molar-refractivity contribution in [3.63, 3.8) is 0 Å². The van der Waals surface area contributed by atoms with Crippen molar-refractivity contribution in [2.24, 2.45) is 0 Å². The van der Waals surface area contributed by atoms with Gasteiger partial charge >= 0.3 is 11.9 Å². The molecular weight excluding hydrogens is 282 g/mol. The summed E-state index contributed by atoms with van der Waals surface area (Å²) in [6.45, 7) is 3.77. The Morgan fingerprint density at radius 3 is 2.50 bits per heavy atom. The number of ether oxygens (including phenoxy) is 1. The number of fused-ring (bicyclic) bond motifs is 1. The number of aliphatic carboxylic acids is 1. The van der Waals surface area contributed by atoms with E-state index in [9.17, 15) is 9.59 Å².